The lowest BCUT2D eigenvalue weighted by molar-refractivity contribution is 0.145. The molecule has 0 saturated heterocycles. The van der Waals surface area contributed by atoms with Crippen LogP contribution in [-0.2, 0) is 11.3 Å². The zero-order valence-corrected chi connectivity index (χ0v) is 16.9. The second kappa shape index (κ2) is 12.1. The smallest absolute Gasteiger partial charge is 0.191 e. The van der Waals surface area contributed by atoms with Crippen molar-refractivity contribution >= 4 is 40.7 Å². The first-order valence-electron chi connectivity index (χ1n) is 8.41. The van der Waals surface area contributed by atoms with Crippen molar-refractivity contribution < 1.29 is 4.74 Å². The monoisotopic (exact) mass is 441 g/mol. The average Bonchev–Trinajstić information content (AvgIpc) is 2.59. The summed E-state index contributed by atoms with van der Waals surface area (Å²) in [6, 6.07) is 14.9. The highest BCUT2D eigenvalue weighted by Gasteiger charge is 1.99. The molecule has 0 fully saturated rings. The number of ether oxygens (including phenoxy) is 1. The quantitative estimate of drug-likeness (QED) is 0.282. The first-order chi connectivity index (χ1) is 11.3. The van der Waals surface area contributed by atoms with E-state index in [1.165, 1.54) is 16.3 Å². The summed E-state index contributed by atoms with van der Waals surface area (Å²) < 4.78 is 5.35. The van der Waals surface area contributed by atoms with Crippen molar-refractivity contribution in [3.05, 3.63) is 48.0 Å². The number of nitrogens with zero attached hydrogens (tertiary/aromatic N) is 1. The van der Waals surface area contributed by atoms with Gasteiger partial charge in [0.15, 0.2) is 5.96 Å². The van der Waals surface area contributed by atoms with Crippen LogP contribution >= 0.6 is 24.0 Å². The van der Waals surface area contributed by atoms with Gasteiger partial charge in [0.25, 0.3) is 0 Å². The third-order valence-electron chi connectivity index (χ3n) is 3.54. The average molecular weight is 441 g/mol. The first kappa shape index (κ1) is 20.7. The van der Waals surface area contributed by atoms with E-state index in [4.69, 9.17) is 4.74 Å². The van der Waals surface area contributed by atoms with E-state index in [1.54, 1.807) is 0 Å². The van der Waals surface area contributed by atoms with Crippen LogP contribution < -0.4 is 10.6 Å². The SMILES string of the molecule is CCNC(=NCc1ccc2ccccc2c1)NCCCOCC.I. The molecule has 132 valence electrons. The standard InChI is InChI=1S/C19H27N3O.HI/c1-3-20-19(21-12-7-13-23-4-2)22-15-16-10-11-17-8-5-6-9-18(17)14-16;/h5-6,8-11,14H,3-4,7,12-13,15H2,1-2H3,(H2,20,21,22);1H. The Hall–Kier alpha value is -1.34. The van der Waals surface area contributed by atoms with Crippen molar-refractivity contribution in [2.75, 3.05) is 26.3 Å². The van der Waals surface area contributed by atoms with Gasteiger partial charge in [0.05, 0.1) is 6.54 Å². The van der Waals surface area contributed by atoms with Gasteiger partial charge in [-0.25, -0.2) is 4.99 Å². The Balaban J connectivity index is 0.00000288. The number of nitrogens with one attached hydrogen (secondary N) is 2. The lowest BCUT2D eigenvalue weighted by Gasteiger charge is -2.11. The summed E-state index contributed by atoms with van der Waals surface area (Å²) in [5, 5.41) is 9.15. The van der Waals surface area contributed by atoms with Crippen molar-refractivity contribution in [2.45, 2.75) is 26.8 Å². The van der Waals surface area contributed by atoms with Gasteiger partial charge in [0.2, 0.25) is 0 Å². The first-order valence-corrected chi connectivity index (χ1v) is 8.41. The predicted molar refractivity (Wildman–Crippen MR) is 113 cm³/mol. The van der Waals surface area contributed by atoms with Gasteiger partial charge in [-0.1, -0.05) is 36.4 Å². The van der Waals surface area contributed by atoms with Crippen LogP contribution in [0.4, 0.5) is 0 Å². The number of aliphatic imine (C=N–C) groups is 1. The zero-order valence-electron chi connectivity index (χ0n) is 14.5. The fraction of sp³-hybridized carbons (Fsp3) is 0.421. The van der Waals surface area contributed by atoms with Gasteiger partial charge in [0, 0.05) is 26.3 Å². The highest BCUT2D eigenvalue weighted by Crippen LogP contribution is 2.16. The van der Waals surface area contributed by atoms with Gasteiger partial charge >= 0.3 is 0 Å². The Bertz CT molecular complexity index is 631. The van der Waals surface area contributed by atoms with Crippen LogP contribution in [0, 0.1) is 0 Å². The Morgan fingerprint density at radius 1 is 1.04 bits per heavy atom. The maximum absolute atomic E-state index is 5.35. The third-order valence-corrected chi connectivity index (χ3v) is 3.54. The summed E-state index contributed by atoms with van der Waals surface area (Å²) in [7, 11) is 0. The largest absolute Gasteiger partial charge is 0.382 e. The fourth-order valence-electron chi connectivity index (χ4n) is 2.37. The summed E-state index contributed by atoms with van der Waals surface area (Å²) in [6.07, 6.45) is 0.980. The molecule has 2 rings (SSSR count). The number of halogens is 1. The molecular formula is C19H28IN3O. The molecular weight excluding hydrogens is 413 g/mol. The maximum Gasteiger partial charge on any atom is 0.191 e. The van der Waals surface area contributed by atoms with Crippen LogP contribution in [0.1, 0.15) is 25.8 Å². The lowest BCUT2D eigenvalue weighted by atomic mass is 10.1. The molecule has 0 aromatic heterocycles. The highest BCUT2D eigenvalue weighted by molar-refractivity contribution is 14.0. The van der Waals surface area contributed by atoms with Crippen LogP contribution in [0.25, 0.3) is 10.8 Å². The molecule has 24 heavy (non-hydrogen) atoms. The number of guanidine groups is 1. The molecule has 0 heterocycles. The van der Waals surface area contributed by atoms with Gasteiger partial charge < -0.3 is 15.4 Å². The summed E-state index contributed by atoms with van der Waals surface area (Å²) in [5.74, 6) is 0.858. The molecule has 0 aliphatic rings. The molecule has 5 heteroatoms. The zero-order chi connectivity index (χ0) is 16.3. The van der Waals surface area contributed by atoms with E-state index >= 15 is 0 Å². The predicted octanol–water partition coefficient (Wildman–Crippen LogP) is 3.94. The minimum absolute atomic E-state index is 0. The minimum Gasteiger partial charge on any atom is -0.382 e. The molecule has 2 N–H and O–H groups in total. The van der Waals surface area contributed by atoms with Crippen molar-refractivity contribution in [3.8, 4) is 0 Å². The topological polar surface area (TPSA) is 45.7 Å². The molecule has 0 aliphatic heterocycles. The van der Waals surface area contributed by atoms with E-state index < -0.39 is 0 Å². The van der Waals surface area contributed by atoms with Crippen molar-refractivity contribution in [2.24, 2.45) is 4.99 Å². The summed E-state index contributed by atoms with van der Waals surface area (Å²) in [5.41, 5.74) is 1.22. The highest BCUT2D eigenvalue weighted by atomic mass is 127. The maximum atomic E-state index is 5.35. The van der Waals surface area contributed by atoms with Crippen LogP contribution in [0.15, 0.2) is 47.5 Å². The van der Waals surface area contributed by atoms with E-state index in [-0.39, 0.29) is 24.0 Å². The summed E-state index contributed by atoms with van der Waals surface area (Å²) >= 11 is 0. The minimum atomic E-state index is 0. The van der Waals surface area contributed by atoms with E-state index in [0.717, 1.165) is 38.7 Å². The second-order valence-corrected chi connectivity index (χ2v) is 5.35. The third kappa shape index (κ3) is 7.05. The molecule has 0 bridgehead atoms. The van der Waals surface area contributed by atoms with Crippen LogP contribution in [0.2, 0.25) is 0 Å². The van der Waals surface area contributed by atoms with Gasteiger partial charge in [-0.3, -0.25) is 0 Å². The van der Waals surface area contributed by atoms with Crippen LogP contribution in [0.3, 0.4) is 0 Å². The van der Waals surface area contributed by atoms with Gasteiger partial charge in [-0.05, 0) is 42.7 Å². The molecule has 4 nitrogen and oxygen atoms in total. The number of rotatable bonds is 8. The molecule has 2 aromatic carbocycles. The number of fused-ring (bicyclic) bond motifs is 1. The van der Waals surface area contributed by atoms with Crippen molar-refractivity contribution in [3.63, 3.8) is 0 Å². The van der Waals surface area contributed by atoms with Crippen molar-refractivity contribution in [1.82, 2.24) is 10.6 Å². The van der Waals surface area contributed by atoms with Gasteiger partial charge in [-0.2, -0.15) is 0 Å². The number of hydrogen-bond acceptors (Lipinski definition) is 2. The summed E-state index contributed by atoms with van der Waals surface area (Å²) in [6.45, 7) is 8.05. The number of benzene rings is 2. The van der Waals surface area contributed by atoms with E-state index in [2.05, 4.69) is 65.0 Å². The molecule has 0 radical (unpaired) electrons. The fourth-order valence-corrected chi connectivity index (χ4v) is 2.37. The Morgan fingerprint density at radius 2 is 1.83 bits per heavy atom. The molecule has 0 amide bonds. The Labute approximate surface area is 162 Å². The van der Waals surface area contributed by atoms with E-state index in [1.807, 2.05) is 6.92 Å². The molecule has 0 atom stereocenters. The second-order valence-electron chi connectivity index (χ2n) is 5.35. The molecule has 0 aliphatic carbocycles. The Kier molecular flexibility index (Phi) is 10.4. The molecule has 0 saturated carbocycles. The molecule has 2 aromatic rings. The van der Waals surface area contributed by atoms with Crippen molar-refractivity contribution in [1.29, 1.82) is 0 Å². The normalized spacial score (nSPS) is 11.2. The molecule has 0 spiro atoms. The van der Waals surface area contributed by atoms with E-state index in [0.29, 0.717) is 6.54 Å². The van der Waals surface area contributed by atoms with E-state index in [9.17, 15) is 0 Å². The molecule has 0 unspecified atom stereocenters. The lowest BCUT2D eigenvalue weighted by Crippen LogP contribution is -2.38. The Morgan fingerprint density at radius 3 is 2.58 bits per heavy atom. The van der Waals surface area contributed by atoms with Crippen LogP contribution in [-0.4, -0.2) is 32.3 Å². The number of hydrogen-bond donors (Lipinski definition) is 2. The van der Waals surface area contributed by atoms with Gasteiger partial charge in [-0.15, -0.1) is 24.0 Å². The van der Waals surface area contributed by atoms with Crippen LogP contribution in [0.5, 0.6) is 0 Å². The summed E-state index contributed by atoms with van der Waals surface area (Å²) in [4.78, 5) is 4.66. The van der Waals surface area contributed by atoms with Gasteiger partial charge in [0.1, 0.15) is 0 Å².